The van der Waals surface area contributed by atoms with E-state index in [1.165, 1.54) is 25.7 Å². The minimum atomic E-state index is -0.263. The highest BCUT2D eigenvalue weighted by molar-refractivity contribution is 5.88. The molecule has 0 radical (unpaired) electrons. The molecule has 1 aromatic rings. The van der Waals surface area contributed by atoms with Crippen molar-refractivity contribution in [2.24, 2.45) is 0 Å². The molecule has 0 unspecified atom stereocenters. The summed E-state index contributed by atoms with van der Waals surface area (Å²) in [6, 6.07) is 3.94. The number of carbonyl (C=O) groups excluding carboxylic acids is 1. The average Bonchev–Trinajstić information content (AvgIpc) is 2.83. The summed E-state index contributed by atoms with van der Waals surface area (Å²) in [5, 5.41) is 16.8. The molecular weight excluding hydrogens is 242 g/mol. The average molecular weight is 263 g/mol. The lowest BCUT2D eigenvalue weighted by Gasteiger charge is -2.12. The fraction of sp³-hybridized carbons (Fsp3) is 0.615. The number of hydrogen-bond acceptors (Lipinski definition) is 4. The molecule has 1 aromatic heterocycles. The molecule has 1 heterocycles. The Hall–Kier alpha value is -1.85. The van der Waals surface area contributed by atoms with Gasteiger partial charge in [0.2, 0.25) is 0 Å². The van der Waals surface area contributed by atoms with Crippen LogP contribution in [0.5, 0.6) is 0 Å². The summed E-state index contributed by atoms with van der Waals surface area (Å²) < 4.78 is 0. The molecule has 3 N–H and O–H groups in total. The zero-order chi connectivity index (χ0) is 13.7. The summed E-state index contributed by atoms with van der Waals surface area (Å²) in [7, 11) is 0. The van der Waals surface area contributed by atoms with Gasteiger partial charge in [-0.3, -0.25) is 5.32 Å². The fourth-order valence-corrected chi connectivity index (χ4v) is 2.17. The maximum atomic E-state index is 11.5. The van der Waals surface area contributed by atoms with Crippen LogP contribution in [0.2, 0.25) is 0 Å². The van der Waals surface area contributed by atoms with Crippen LogP contribution in [-0.4, -0.2) is 28.3 Å². The summed E-state index contributed by atoms with van der Waals surface area (Å²) in [5.74, 6) is 1.22. The molecular formula is C13H21N5O. The largest absolute Gasteiger partial charge is 0.366 e. The highest BCUT2D eigenvalue weighted by Gasteiger charge is 2.15. The van der Waals surface area contributed by atoms with Crippen LogP contribution in [0.4, 0.5) is 16.4 Å². The maximum Gasteiger partial charge on any atom is 0.320 e. The summed E-state index contributed by atoms with van der Waals surface area (Å²) in [6.07, 6.45) is 4.94. The van der Waals surface area contributed by atoms with Crippen LogP contribution < -0.4 is 16.0 Å². The van der Waals surface area contributed by atoms with E-state index in [2.05, 4.69) is 26.1 Å². The molecule has 19 heavy (non-hydrogen) atoms. The van der Waals surface area contributed by atoms with E-state index in [1.807, 2.05) is 19.9 Å². The van der Waals surface area contributed by atoms with Crippen molar-refractivity contribution in [3.8, 4) is 0 Å². The third-order valence-electron chi connectivity index (χ3n) is 3.03. The Morgan fingerprint density at radius 3 is 2.42 bits per heavy atom. The maximum absolute atomic E-state index is 11.5. The molecule has 0 aliphatic heterocycles. The Morgan fingerprint density at radius 1 is 1.21 bits per heavy atom. The Balaban J connectivity index is 1.85. The Bertz CT molecular complexity index is 412. The SMILES string of the molecule is CC(C)NC(=O)Nc1ccc(NC2CCCC2)nn1. The van der Waals surface area contributed by atoms with Gasteiger partial charge in [0.1, 0.15) is 5.82 Å². The van der Waals surface area contributed by atoms with Crippen molar-refractivity contribution < 1.29 is 4.79 Å². The van der Waals surface area contributed by atoms with Gasteiger partial charge in [0, 0.05) is 12.1 Å². The lowest BCUT2D eigenvalue weighted by molar-refractivity contribution is 0.250. The number of anilines is 2. The van der Waals surface area contributed by atoms with Gasteiger partial charge in [0.05, 0.1) is 0 Å². The van der Waals surface area contributed by atoms with E-state index >= 15 is 0 Å². The van der Waals surface area contributed by atoms with Crippen molar-refractivity contribution in [2.45, 2.75) is 51.6 Å². The predicted molar refractivity (Wildman–Crippen MR) is 75.2 cm³/mol. The number of nitrogens with one attached hydrogen (secondary N) is 3. The van der Waals surface area contributed by atoms with E-state index in [0.717, 1.165) is 5.82 Å². The first-order valence-corrected chi connectivity index (χ1v) is 6.81. The summed E-state index contributed by atoms with van der Waals surface area (Å²) >= 11 is 0. The first-order valence-electron chi connectivity index (χ1n) is 6.81. The zero-order valence-electron chi connectivity index (χ0n) is 11.4. The molecule has 0 atom stereocenters. The number of aromatic nitrogens is 2. The highest BCUT2D eigenvalue weighted by atomic mass is 16.2. The van der Waals surface area contributed by atoms with Crippen molar-refractivity contribution in [1.29, 1.82) is 0 Å². The second-order valence-electron chi connectivity index (χ2n) is 5.18. The van der Waals surface area contributed by atoms with Crippen LogP contribution in [0.25, 0.3) is 0 Å². The molecule has 1 aliphatic carbocycles. The third-order valence-corrected chi connectivity index (χ3v) is 3.03. The van der Waals surface area contributed by atoms with Gasteiger partial charge in [-0.1, -0.05) is 12.8 Å². The van der Waals surface area contributed by atoms with Gasteiger partial charge < -0.3 is 10.6 Å². The number of amides is 2. The van der Waals surface area contributed by atoms with E-state index in [-0.39, 0.29) is 12.1 Å². The Kier molecular flexibility index (Phi) is 4.54. The first kappa shape index (κ1) is 13.6. The van der Waals surface area contributed by atoms with Crippen LogP contribution in [0.3, 0.4) is 0 Å². The molecule has 0 saturated heterocycles. The van der Waals surface area contributed by atoms with Crippen LogP contribution in [0.1, 0.15) is 39.5 Å². The monoisotopic (exact) mass is 263 g/mol. The molecule has 0 bridgehead atoms. The predicted octanol–water partition coefficient (Wildman–Crippen LogP) is 2.36. The molecule has 2 amide bonds. The molecule has 0 aromatic carbocycles. The van der Waals surface area contributed by atoms with Crippen LogP contribution in [0, 0.1) is 0 Å². The Labute approximate surface area is 113 Å². The molecule has 104 valence electrons. The number of urea groups is 1. The van der Waals surface area contributed by atoms with Crippen LogP contribution >= 0.6 is 0 Å². The molecule has 6 heteroatoms. The van der Waals surface area contributed by atoms with E-state index < -0.39 is 0 Å². The van der Waals surface area contributed by atoms with E-state index in [4.69, 9.17) is 0 Å². The van der Waals surface area contributed by atoms with Crippen LogP contribution in [0.15, 0.2) is 12.1 Å². The molecule has 6 nitrogen and oxygen atoms in total. The van der Waals surface area contributed by atoms with Gasteiger partial charge in [0.15, 0.2) is 5.82 Å². The highest BCUT2D eigenvalue weighted by Crippen LogP contribution is 2.21. The zero-order valence-corrected chi connectivity index (χ0v) is 11.4. The summed E-state index contributed by atoms with van der Waals surface area (Å²) in [5.41, 5.74) is 0. The summed E-state index contributed by atoms with van der Waals surface area (Å²) in [4.78, 5) is 11.5. The smallest absolute Gasteiger partial charge is 0.320 e. The van der Waals surface area contributed by atoms with E-state index in [9.17, 15) is 4.79 Å². The molecule has 1 aliphatic rings. The number of carbonyl (C=O) groups is 1. The minimum Gasteiger partial charge on any atom is -0.366 e. The third kappa shape index (κ3) is 4.39. The molecule has 2 rings (SSSR count). The van der Waals surface area contributed by atoms with Gasteiger partial charge in [-0.15, -0.1) is 10.2 Å². The molecule has 1 saturated carbocycles. The van der Waals surface area contributed by atoms with Crippen molar-refractivity contribution in [2.75, 3.05) is 10.6 Å². The van der Waals surface area contributed by atoms with E-state index in [1.54, 1.807) is 6.07 Å². The van der Waals surface area contributed by atoms with Gasteiger partial charge in [0.25, 0.3) is 0 Å². The minimum absolute atomic E-state index is 0.0938. The van der Waals surface area contributed by atoms with Crippen molar-refractivity contribution in [1.82, 2.24) is 15.5 Å². The number of rotatable bonds is 4. The first-order chi connectivity index (χ1) is 9.13. The fourth-order valence-electron chi connectivity index (χ4n) is 2.17. The topological polar surface area (TPSA) is 78.9 Å². The van der Waals surface area contributed by atoms with Crippen molar-refractivity contribution >= 4 is 17.7 Å². The van der Waals surface area contributed by atoms with Gasteiger partial charge in [-0.25, -0.2) is 4.79 Å². The normalized spacial score (nSPS) is 15.5. The standard InChI is InChI=1S/C13H21N5O/c1-9(2)14-13(19)16-12-8-7-11(17-18-12)15-10-5-3-4-6-10/h7-10H,3-6H2,1-2H3,(H,15,17)(H2,14,16,18,19). The quantitative estimate of drug-likeness (QED) is 0.779. The second-order valence-corrected chi connectivity index (χ2v) is 5.18. The molecule has 0 spiro atoms. The van der Waals surface area contributed by atoms with Crippen molar-refractivity contribution in [3.05, 3.63) is 12.1 Å². The molecule has 1 fully saturated rings. The van der Waals surface area contributed by atoms with E-state index in [0.29, 0.717) is 11.9 Å². The Morgan fingerprint density at radius 2 is 1.84 bits per heavy atom. The lowest BCUT2D eigenvalue weighted by Crippen LogP contribution is -2.34. The van der Waals surface area contributed by atoms with Crippen LogP contribution in [-0.2, 0) is 0 Å². The van der Waals surface area contributed by atoms with Gasteiger partial charge in [-0.05, 0) is 38.8 Å². The number of hydrogen-bond donors (Lipinski definition) is 3. The van der Waals surface area contributed by atoms with Gasteiger partial charge >= 0.3 is 6.03 Å². The van der Waals surface area contributed by atoms with Gasteiger partial charge in [-0.2, -0.15) is 0 Å². The second kappa shape index (κ2) is 6.36. The van der Waals surface area contributed by atoms with Crippen molar-refractivity contribution in [3.63, 3.8) is 0 Å². The lowest BCUT2D eigenvalue weighted by atomic mass is 10.2. The number of nitrogens with zero attached hydrogens (tertiary/aromatic N) is 2. The summed E-state index contributed by atoms with van der Waals surface area (Å²) in [6.45, 7) is 3.81.